The van der Waals surface area contributed by atoms with Crippen molar-refractivity contribution >= 4 is 12.4 Å². The highest BCUT2D eigenvalue weighted by Crippen LogP contribution is 2.15. The van der Waals surface area contributed by atoms with E-state index in [4.69, 9.17) is 10.8 Å². The molecule has 0 unspecified atom stereocenters. The van der Waals surface area contributed by atoms with Crippen molar-refractivity contribution in [1.29, 1.82) is 0 Å². The minimum atomic E-state index is -1.22. The fourth-order valence-corrected chi connectivity index (χ4v) is 1.92. The number of aliphatic hydroxyl groups is 1. The van der Waals surface area contributed by atoms with E-state index >= 15 is 0 Å². The Labute approximate surface area is 131 Å². The first-order chi connectivity index (χ1) is 9.99. The smallest absolute Gasteiger partial charge is 0.161 e. The molecular weight excluding hydrogens is 321 g/mol. The van der Waals surface area contributed by atoms with Gasteiger partial charge in [0.05, 0.1) is 12.8 Å². The van der Waals surface area contributed by atoms with Gasteiger partial charge in [0, 0.05) is 18.7 Å². The molecule has 1 aromatic carbocycles. The van der Waals surface area contributed by atoms with E-state index in [9.17, 15) is 13.2 Å². The summed E-state index contributed by atoms with van der Waals surface area (Å²) in [5.74, 6) is -3.13. The summed E-state index contributed by atoms with van der Waals surface area (Å²) in [7, 11) is 0. The zero-order valence-corrected chi connectivity index (χ0v) is 12.4. The molecule has 1 heterocycles. The van der Waals surface area contributed by atoms with Crippen LogP contribution < -0.4 is 5.73 Å². The van der Waals surface area contributed by atoms with Crippen molar-refractivity contribution in [3.05, 3.63) is 47.0 Å². The molecule has 0 saturated carbocycles. The van der Waals surface area contributed by atoms with E-state index in [2.05, 4.69) is 10.3 Å². The van der Waals surface area contributed by atoms with Gasteiger partial charge in [0.25, 0.3) is 0 Å². The predicted molar refractivity (Wildman–Crippen MR) is 75.8 cm³/mol. The van der Waals surface area contributed by atoms with Gasteiger partial charge in [-0.25, -0.2) is 13.2 Å². The largest absolute Gasteiger partial charge is 0.390 e. The summed E-state index contributed by atoms with van der Waals surface area (Å²) in [6.45, 7) is 0.228. The summed E-state index contributed by atoms with van der Waals surface area (Å²) in [5, 5.41) is 16.3. The number of aliphatic hydroxyl groups excluding tert-OH is 1. The van der Waals surface area contributed by atoms with E-state index in [1.165, 1.54) is 4.68 Å². The van der Waals surface area contributed by atoms with Crippen LogP contribution in [0, 0.1) is 17.5 Å². The number of hydrogen-bond donors (Lipinski definition) is 2. The van der Waals surface area contributed by atoms with Crippen LogP contribution in [0.4, 0.5) is 13.2 Å². The van der Waals surface area contributed by atoms with Crippen LogP contribution in [0.5, 0.6) is 0 Å². The Morgan fingerprint density at radius 3 is 2.50 bits per heavy atom. The Bertz CT molecular complexity index is 623. The van der Waals surface area contributed by atoms with Crippen molar-refractivity contribution in [1.82, 2.24) is 15.0 Å². The van der Waals surface area contributed by atoms with Gasteiger partial charge in [-0.3, -0.25) is 4.68 Å². The van der Waals surface area contributed by atoms with Crippen LogP contribution in [0.15, 0.2) is 18.3 Å². The van der Waals surface area contributed by atoms with E-state index in [0.717, 1.165) is 6.07 Å². The Balaban J connectivity index is 0.00000242. The van der Waals surface area contributed by atoms with Gasteiger partial charge in [-0.05, 0) is 24.5 Å². The first-order valence-corrected chi connectivity index (χ1v) is 6.38. The van der Waals surface area contributed by atoms with E-state index in [0.29, 0.717) is 24.7 Å². The Kier molecular flexibility index (Phi) is 6.79. The van der Waals surface area contributed by atoms with Gasteiger partial charge >= 0.3 is 0 Å². The zero-order chi connectivity index (χ0) is 15.4. The number of aryl methyl sites for hydroxylation is 1. The molecule has 1 atom stereocenters. The van der Waals surface area contributed by atoms with Crippen molar-refractivity contribution < 1.29 is 18.3 Å². The molecule has 3 N–H and O–H groups in total. The maximum absolute atomic E-state index is 13.5. The van der Waals surface area contributed by atoms with Crippen molar-refractivity contribution in [2.75, 3.05) is 0 Å². The molecule has 0 saturated heterocycles. The van der Waals surface area contributed by atoms with Crippen LogP contribution in [-0.2, 0) is 19.6 Å². The monoisotopic (exact) mass is 336 g/mol. The highest BCUT2D eigenvalue weighted by atomic mass is 35.5. The van der Waals surface area contributed by atoms with Crippen molar-refractivity contribution in [2.45, 2.75) is 32.0 Å². The highest BCUT2D eigenvalue weighted by Gasteiger charge is 2.13. The van der Waals surface area contributed by atoms with Gasteiger partial charge in [-0.2, -0.15) is 0 Å². The third-order valence-corrected chi connectivity index (χ3v) is 3.05. The number of benzene rings is 1. The van der Waals surface area contributed by atoms with Gasteiger partial charge in [0.15, 0.2) is 11.6 Å². The van der Waals surface area contributed by atoms with Gasteiger partial charge < -0.3 is 10.8 Å². The van der Waals surface area contributed by atoms with E-state index in [-0.39, 0.29) is 31.0 Å². The molecule has 2 rings (SSSR count). The fraction of sp³-hybridized carbons (Fsp3) is 0.385. The summed E-state index contributed by atoms with van der Waals surface area (Å²) in [6, 6.07) is 0.901. The lowest BCUT2D eigenvalue weighted by atomic mass is 10.0. The van der Waals surface area contributed by atoms with E-state index in [1.807, 2.05) is 0 Å². The second kappa shape index (κ2) is 8.11. The van der Waals surface area contributed by atoms with E-state index in [1.54, 1.807) is 6.20 Å². The summed E-state index contributed by atoms with van der Waals surface area (Å²) < 4.78 is 40.9. The molecule has 0 amide bonds. The summed E-state index contributed by atoms with van der Waals surface area (Å²) in [4.78, 5) is 0. The van der Waals surface area contributed by atoms with Gasteiger partial charge in [-0.15, -0.1) is 17.5 Å². The van der Waals surface area contributed by atoms with E-state index < -0.39 is 23.5 Å². The fourth-order valence-electron chi connectivity index (χ4n) is 1.92. The van der Waals surface area contributed by atoms with Crippen LogP contribution in [0.3, 0.4) is 0 Å². The topological polar surface area (TPSA) is 77.0 Å². The van der Waals surface area contributed by atoms with Crippen LogP contribution >= 0.6 is 12.4 Å². The van der Waals surface area contributed by atoms with Crippen molar-refractivity contribution in [2.24, 2.45) is 5.73 Å². The molecule has 0 spiro atoms. The Hall–Kier alpha value is -1.64. The van der Waals surface area contributed by atoms with Crippen molar-refractivity contribution in [3.63, 3.8) is 0 Å². The van der Waals surface area contributed by atoms with Crippen molar-refractivity contribution in [3.8, 4) is 0 Å². The zero-order valence-electron chi connectivity index (χ0n) is 11.5. The molecule has 5 nitrogen and oxygen atoms in total. The number of rotatable bonds is 6. The predicted octanol–water partition coefficient (Wildman–Crippen LogP) is 1.57. The first kappa shape index (κ1) is 18.4. The molecule has 9 heteroatoms. The number of halogens is 4. The molecule has 0 fully saturated rings. The van der Waals surface area contributed by atoms with Gasteiger partial charge in [0.1, 0.15) is 11.5 Å². The molecule has 122 valence electrons. The quantitative estimate of drug-likeness (QED) is 0.785. The second-order valence-electron chi connectivity index (χ2n) is 4.74. The Morgan fingerprint density at radius 2 is 1.86 bits per heavy atom. The maximum atomic E-state index is 13.5. The lowest BCUT2D eigenvalue weighted by molar-refractivity contribution is 0.276. The molecule has 1 aromatic heterocycles. The normalized spacial score (nSPS) is 12.0. The first-order valence-electron chi connectivity index (χ1n) is 6.38. The maximum Gasteiger partial charge on any atom is 0.161 e. The van der Waals surface area contributed by atoms with Crippen LogP contribution in [0.2, 0.25) is 0 Å². The lowest BCUT2D eigenvalue weighted by Gasteiger charge is -2.12. The minimum absolute atomic E-state index is 0. The average Bonchev–Trinajstić information content (AvgIpc) is 2.90. The lowest BCUT2D eigenvalue weighted by Crippen LogP contribution is -2.25. The number of nitrogens with two attached hydrogens (primary N) is 1. The number of hydrogen-bond acceptors (Lipinski definition) is 4. The standard InChI is InChI=1S/C13H15F3N4O.ClH/c14-11-5-13(16)12(15)4-8(11)3-9(17)1-2-20-6-10(7-21)18-19-20;/h4-6,9,21H,1-3,7,17H2;1H/t9-;/m0./s1. The minimum Gasteiger partial charge on any atom is -0.390 e. The third kappa shape index (κ3) is 4.69. The summed E-state index contributed by atoms with van der Waals surface area (Å²) in [5.41, 5.74) is 6.33. The van der Waals surface area contributed by atoms with Crippen LogP contribution in [0.25, 0.3) is 0 Å². The molecule has 22 heavy (non-hydrogen) atoms. The molecule has 0 aliphatic heterocycles. The molecule has 0 bridgehead atoms. The summed E-state index contributed by atoms with van der Waals surface area (Å²) >= 11 is 0. The molecular formula is C13H16ClF3N4O. The molecule has 0 aliphatic carbocycles. The molecule has 0 aliphatic rings. The highest BCUT2D eigenvalue weighted by molar-refractivity contribution is 5.85. The number of nitrogens with zero attached hydrogens (tertiary/aromatic N) is 3. The average molecular weight is 337 g/mol. The van der Waals surface area contributed by atoms with Gasteiger partial charge in [0.2, 0.25) is 0 Å². The van der Waals surface area contributed by atoms with Crippen LogP contribution in [0.1, 0.15) is 17.7 Å². The van der Waals surface area contributed by atoms with Gasteiger partial charge in [-0.1, -0.05) is 5.21 Å². The Morgan fingerprint density at radius 1 is 1.18 bits per heavy atom. The second-order valence-corrected chi connectivity index (χ2v) is 4.74. The summed E-state index contributed by atoms with van der Waals surface area (Å²) in [6.07, 6.45) is 2.11. The van der Waals surface area contributed by atoms with Crippen LogP contribution in [-0.4, -0.2) is 26.1 Å². The molecule has 0 radical (unpaired) electrons. The SMILES string of the molecule is Cl.N[C@@H](CCn1cc(CO)nn1)Cc1cc(F)c(F)cc1F. The third-order valence-electron chi connectivity index (χ3n) is 3.05. The number of aromatic nitrogens is 3. The molecule has 2 aromatic rings.